The molecule has 0 spiro atoms. The van der Waals surface area contributed by atoms with Gasteiger partial charge in [0.25, 0.3) is 0 Å². The maximum atomic E-state index is 11.3. The van der Waals surface area contributed by atoms with Crippen LogP contribution >= 0.6 is 11.3 Å². The van der Waals surface area contributed by atoms with Gasteiger partial charge in [0.2, 0.25) is 0 Å². The minimum absolute atomic E-state index is 0.210. The summed E-state index contributed by atoms with van der Waals surface area (Å²) in [6.45, 7) is 3.81. The smallest absolute Gasteiger partial charge is 0.319 e. The van der Waals surface area contributed by atoms with E-state index in [1.165, 1.54) is 11.8 Å². The van der Waals surface area contributed by atoms with Crippen molar-refractivity contribution in [2.45, 2.75) is 13.5 Å². The first-order valence-electron chi connectivity index (χ1n) is 5.86. The summed E-state index contributed by atoms with van der Waals surface area (Å²) < 4.78 is 5.86. The Balaban J connectivity index is 2.09. The summed E-state index contributed by atoms with van der Waals surface area (Å²) >= 11 is 1.67. The third-order valence-electron chi connectivity index (χ3n) is 2.72. The number of hydrogen-bond acceptors (Lipinski definition) is 5. The zero-order valence-electron chi connectivity index (χ0n) is 10.5. The topological polar surface area (TPSA) is 42.4 Å². The van der Waals surface area contributed by atoms with Gasteiger partial charge in [0.1, 0.15) is 5.01 Å². The van der Waals surface area contributed by atoms with Crippen molar-refractivity contribution in [1.29, 1.82) is 0 Å². The highest BCUT2D eigenvalue weighted by molar-refractivity contribution is 7.18. The first-order valence-corrected chi connectivity index (χ1v) is 6.68. The number of nitrogens with zero attached hydrogens (tertiary/aromatic N) is 2. The van der Waals surface area contributed by atoms with Crippen LogP contribution in [0.1, 0.15) is 11.9 Å². The fourth-order valence-corrected chi connectivity index (χ4v) is 2.72. The van der Waals surface area contributed by atoms with Gasteiger partial charge < -0.3 is 4.74 Å². The van der Waals surface area contributed by atoms with E-state index in [9.17, 15) is 4.79 Å². The Morgan fingerprint density at radius 2 is 2.22 bits per heavy atom. The predicted molar refractivity (Wildman–Crippen MR) is 72.6 cm³/mol. The molecule has 0 saturated carbocycles. The number of hydrogen-bond donors (Lipinski definition) is 0. The first-order chi connectivity index (χ1) is 8.72. The van der Waals surface area contributed by atoms with Gasteiger partial charge in [-0.2, -0.15) is 0 Å². The monoisotopic (exact) mass is 264 g/mol. The van der Waals surface area contributed by atoms with Crippen LogP contribution in [-0.2, 0) is 16.1 Å². The van der Waals surface area contributed by atoms with E-state index in [0.717, 1.165) is 17.1 Å². The van der Waals surface area contributed by atoms with Gasteiger partial charge in [-0.05, 0) is 18.7 Å². The molecule has 96 valence electrons. The molecule has 0 aliphatic rings. The van der Waals surface area contributed by atoms with Crippen molar-refractivity contribution in [3.05, 3.63) is 29.3 Å². The summed E-state index contributed by atoms with van der Waals surface area (Å²) in [7, 11) is 1.41. The Hall–Kier alpha value is -1.46. The van der Waals surface area contributed by atoms with E-state index >= 15 is 0 Å². The molecular formula is C13H16N2O2S. The van der Waals surface area contributed by atoms with Gasteiger partial charge in [0, 0.05) is 0 Å². The molecule has 0 unspecified atom stereocenters. The normalized spacial score (nSPS) is 11.1. The lowest BCUT2D eigenvalue weighted by Crippen LogP contribution is -2.29. The Kier molecular flexibility index (Phi) is 4.28. The molecule has 0 aliphatic carbocycles. The molecule has 5 heteroatoms. The number of ether oxygens (including phenoxy) is 1. The highest BCUT2D eigenvalue weighted by Gasteiger charge is 2.12. The molecule has 4 nitrogen and oxygen atoms in total. The van der Waals surface area contributed by atoms with Gasteiger partial charge in [-0.3, -0.25) is 9.69 Å². The van der Waals surface area contributed by atoms with Crippen LogP contribution in [0.25, 0.3) is 10.2 Å². The fourth-order valence-electron chi connectivity index (χ4n) is 1.71. The molecule has 1 aromatic heterocycles. The molecule has 1 heterocycles. The Morgan fingerprint density at radius 3 is 2.89 bits per heavy atom. The number of rotatable bonds is 5. The molecule has 0 amide bonds. The van der Waals surface area contributed by atoms with E-state index in [-0.39, 0.29) is 5.97 Å². The molecule has 0 radical (unpaired) electrons. The van der Waals surface area contributed by atoms with Crippen molar-refractivity contribution in [2.24, 2.45) is 0 Å². The number of aromatic nitrogens is 1. The Morgan fingerprint density at radius 1 is 1.44 bits per heavy atom. The number of carbonyl (C=O) groups excluding carboxylic acids is 1. The standard InChI is InChI=1S/C13H16N2O2S/c1-3-15(9-13(16)17-2)8-12-14-10-6-4-5-7-11(10)18-12/h4-7H,3,8-9H2,1-2H3. The number of carbonyl (C=O) groups is 1. The maximum absolute atomic E-state index is 11.3. The van der Waals surface area contributed by atoms with Crippen LogP contribution in [0.5, 0.6) is 0 Å². The average molecular weight is 264 g/mol. The molecule has 0 aliphatic heterocycles. The molecule has 0 bridgehead atoms. The van der Waals surface area contributed by atoms with Crippen molar-refractivity contribution in [1.82, 2.24) is 9.88 Å². The average Bonchev–Trinajstić information content (AvgIpc) is 2.79. The number of likely N-dealkylation sites (N-methyl/N-ethyl adjacent to an activating group) is 1. The predicted octanol–water partition coefficient (Wildman–Crippen LogP) is 2.29. The molecule has 1 aromatic carbocycles. The van der Waals surface area contributed by atoms with Crippen LogP contribution in [-0.4, -0.2) is 36.1 Å². The molecule has 0 atom stereocenters. The summed E-state index contributed by atoms with van der Waals surface area (Å²) in [5, 5.41) is 1.03. The summed E-state index contributed by atoms with van der Waals surface area (Å²) in [5.41, 5.74) is 1.02. The van der Waals surface area contributed by atoms with Crippen LogP contribution in [0.4, 0.5) is 0 Å². The number of methoxy groups -OCH3 is 1. The van der Waals surface area contributed by atoms with Gasteiger partial charge in [-0.25, -0.2) is 4.98 Å². The Labute approximate surface area is 110 Å². The number of fused-ring (bicyclic) bond motifs is 1. The summed E-state index contributed by atoms with van der Waals surface area (Å²) in [6, 6.07) is 8.06. The van der Waals surface area contributed by atoms with Gasteiger partial charge in [0.05, 0.1) is 30.4 Å². The minimum Gasteiger partial charge on any atom is -0.468 e. The molecule has 18 heavy (non-hydrogen) atoms. The van der Waals surface area contributed by atoms with Crippen molar-refractivity contribution < 1.29 is 9.53 Å². The van der Waals surface area contributed by atoms with Gasteiger partial charge in [-0.1, -0.05) is 19.1 Å². The van der Waals surface area contributed by atoms with Crippen molar-refractivity contribution in [3.8, 4) is 0 Å². The van der Waals surface area contributed by atoms with Crippen molar-refractivity contribution in [3.63, 3.8) is 0 Å². The van der Waals surface area contributed by atoms with Crippen LogP contribution in [0.3, 0.4) is 0 Å². The van der Waals surface area contributed by atoms with Crippen LogP contribution in [0.2, 0.25) is 0 Å². The lowest BCUT2D eigenvalue weighted by Gasteiger charge is -2.16. The summed E-state index contributed by atoms with van der Waals surface area (Å²) in [4.78, 5) is 17.8. The second kappa shape index (κ2) is 5.93. The molecular weight excluding hydrogens is 248 g/mol. The van der Waals surface area contributed by atoms with E-state index in [1.54, 1.807) is 11.3 Å². The number of para-hydroxylation sites is 1. The lowest BCUT2D eigenvalue weighted by atomic mass is 10.3. The summed E-state index contributed by atoms with van der Waals surface area (Å²) in [6.07, 6.45) is 0. The van der Waals surface area contributed by atoms with Crippen LogP contribution < -0.4 is 0 Å². The van der Waals surface area contributed by atoms with E-state index in [0.29, 0.717) is 13.1 Å². The van der Waals surface area contributed by atoms with Gasteiger partial charge in [-0.15, -0.1) is 11.3 Å². The summed E-state index contributed by atoms with van der Waals surface area (Å²) in [5.74, 6) is -0.210. The third kappa shape index (κ3) is 3.05. The fraction of sp³-hybridized carbons (Fsp3) is 0.385. The molecule has 0 fully saturated rings. The van der Waals surface area contributed by atoms with E-state index in [4.69, 9.17) is 0 Å². The van der Waals surface area contributed by atoms with Crippen molar-refractivity contribution >= 4 is 27.5 Å². The largest absolute Gasteiger partial charge is 0.468 e. The molecule has 2 rings (SSSR count). The number of benzene rings is 1. The SMILES string of the molecule is CCN(CC(=O)OC)Cc1nc2ccccc2s1. The van der Waals surface area contributed by atoms with Gasteiger partial charge in [0.15, 0.2) is 0 Å². The highest BCUT2D eigenvalue weighted by Crippen LogP contribution is 2.22. The maximum Gasteiger partial charge on any atom is 0.319 e. The zero-order valence-corrected chi connectivity index (χ0v) is 11.4. The number of thiazole rings is 1. The third-order valence-corrected chi connectivity index (χ3v) is 3.75. The van der Waals surface area contributed by atoms with E-state index in [1.807, 2.05) is 30.0 Å². The second-order valence-corrected chi connectivity index (χ2v) is 5.07. The van der Waals surface area contributed by atoms with Crippen LogP contribution in [0.15, 0.2) is 24.3 Å². The minimum atomic E-state index is -0.210. The van der Waals surface area contributed by atoms with Crippen LogP contribution in [0, 0.1) is 0 Å². The zero-order chi connectivity index (χ0) is 13.0. The first kappa shape index (κ1) is 13.0. The van der Waals surface area contributed by atoms with Gasteiger partial charge >= 0.3 is 5.97 Å². The van der Waals surface area contributed by atoms with E-state index in [2.05, 4.69) is 15.8 Å². The lowest BCUT2D eigenvalue weighted by molar-refractivity contribution is -0.142. The van der Waals surface area contributed by atoms with E-state index < -0.39 is 0 Å². The molecule has 2 aromatic rings. The molecule has 0 saturated heterocycles. The van der Waals surface area contributed by atoms with Crippen molar-refractivity contribution in [2.75, 3.05) is 20.2 Å². The Bertz CT molecular complexity index is 506. The highest BCUT2D eigenvalue weighted by atomic mass is 32.1. The quantitative estimate of drug-likeness (QED) is 0.777. The second-order valence-electron chi connectivity index (χ2n) is 3.95. The molecule has 0 N–H and O–H groups in total. The number of esters is 1.